The van der Waals surface area contributed by atoms with E-state index in [-0.39, 0.29) is 29.7 Å². The van der Waals surface area contributed by atoms with Crippen molar-refractivity contribution in [3.05, 3.63) is 0 Å². The van der Waals surface area contributed by atoms with Gasteiger partial charge in [0.1, 0.15) is 0 Å². The minimum atomic E-state index is -0.367. The van der Waals surface area contributed by atoms with Crippen LogP contribution in [0, 0.1) is 5.41 Å². The van der Waals surface area contributed by atoms with Crippen LogP contribution in [0.15, 0.2) is 0 Å². The predicted octanol–water partition coefficient (Wildman–Crippen LogP) is 0.258. The van der Waals surface area contributed by atoms with Crippen LogP contribution in [-0.4, -0.2) is 56.4 Å². The average molecular weight is 257 g/mol. The smallest absolute Gasteiger partial charge is 0.236 e. The fourth-order valence-electron chi connectivity index (χ4n) is 1.16. The molecule has 106 valence electrons. The van der Waals surface area contributed by atoms with Crippen LogP contribution in [0.3, 0.4) is 0 Å². The van der Waals surface area contributed by atoms with Gasteiger partial charge in [0.25, 0.3) is 0 Å². The van der Waals surface area contributed by atoms with Crippen LogP contribution in [0.2, 0.25) is 0 Å². The first-order valence-electron chi connectivity index (χ1n) is 6.33. The maximum absolute atomic E-state index is 11.7. The Hall–Kier alpha value is -0.940. The van der Waals surface area contributed by atoms with Gasteiger partial charge in [-0.3, -0.25) is 14.9 Å². The Kier molecular flexibility index (Phi) is 7.09. The minimum Gasteiger partial charge on any atom is -0.353 e. The lowest BCUT2D eigenvalue weighted by atomic mass is 9.91. The van der Waals surface area contributed by atoms with Gasteiger partial charge < -0.3 is 10.2 Å². The molecule has 0 aliphatic carbocycles. The zero-order valence-corrected chi connectivity index (χ0v) is 12.5. The molecule has 1 amide bonds. The molecule has 0 aromatic heterocycles. The van der Waals surface area contributed by atoms with Gasteiger partial charge in [0.2, 0.25) is 5.91 Å². The molecule has 0 radical (unpaired) electrons. The number of Topliss-reactive ketones (excluding diaryl/α,β-unsaturated/α-hetero) is 1. The van der Waals surface area contributed by atoms with Crippen molar-refractivity contribution in [2.45, 2.75) is 33.7 Å². The number of nitrogens with one attached hydrogen (secondary N) is 2. The van der Waals surface area contributed by atoms with Crippen molar-refractivity contribution in [1.82, 2.24) is 15.5 Å². The van der Waals surface area contributed by atoms with Crippen molar-refractivity contribution in [2.75, 3.05) is 33.7 Å². The summed E-state index contributed by atoms with van der Waals surface area (Å²) in [7, 11) is 3.91. The Bertz CT molecular complexity index is 282. The summed E-state index contributed by atoms with van der Waals surface area (Å²) in [5.41, 5.74) is -0.367. The fraction of sp³-hybridized carbons (Fsp3) is 0.846. The molecule has 0 bridgehead atoms. The SMILES string of the molecule is C[C@H](NCC(=O)C(C)(C)C)C(=O)NCCN(C)C. The Labute approximate surface area is 110 Å². The molecule has 5 nitrogen and oxygen atoms in total. The third kappa shape index (κ3) is 7.40. The third-order valence-corrected chi connectivity index (χ3v) is 2.66. The number of hydrogen-bond donors (Lipinski definition) is 2. The monoisotopic (exact) mass is 257 g/mol. The standard InChI is InChI=1S/C13H27N3O2/c1-10(12(18)14-7-8-16(5)6)15-9-11(17)13(2,3)4/h10,15H,7-9H2,1-6H3,(H,14,18)/t10-/m0/s1. The molecule has 18 heavy (non-hydrogen) atoms. The van der Waals surface area contributed by atoms with E-state index in [0.29, 0.717) is 6.54 Å². The first-order valence-corrected chi connectivity index (χ1v) is 6.33. The molecule has 0 aromatic carbocycles. The lowest BCUT2D eigenvalue weighted by Crippen LogP contribution is -2.46. The van der Waals surface area contributed by atoms with Gasteiger partial charge in [-0.25, -0.2) is 0 Å². The van der Waals surface area contributed by atoms with Gasteiger partial charge in [0, 0.05) is 18.5 Å². The highest BCUT2D eigenvalue weighted by Crippen LogP contribution is 2.13. The maximum atomic E-state index is 11.7. The van der Waals surface area contributed by atoms with E-state index in [1.165, 1.54) is 0 Å². The fourth-order valence-corrected chi connectivity index (χ4v) is 1.16. The van der Waals surface area contributed by atoms with Crippen molar-refractivity contribution < 1.29 is 9.59 Å². The van der Waals surface area contributed by atoms with Crippen LogP contribution in [0.4, 0.5) is 0 Å². The van der Waals surface area contributed by atoms with Crippen molar-refractivity contribution in [3.8, 4) is 0 Å². The zero-order valence-electron chi connectivity index (χ0n) is 12.5. The van der Waals surface area contributed by atoms with E-state index in [4.69, 9.17) is 0 Å². The van der Waals surface area contributed by atoms with Crippen LogP contribution in [-0.2, 0) is 9.59 Å². The Balaban J connectivity index is 3.92. The first kappa shape index (κ1) is 17.1. The molecular weight excluding hydrogens is 230 g/mol. The van der Waals surface area contributed by atoms with Gasteiger partial charge in [-0.15, -0.1) is 0 Å². The quantitative estimate of drug-likeness (QED) is 0.687. The Morgan fingerprint density at radius 3 is 2.22 bits per heavy atom. The maximum Gasteiger partial charge on any atom is 0.236 e. The molecule has 0 aromatic rings. The zero-order chi connectivity index (χ0) is 14.3. The summed E-state index contributed by atoms with van der Waals surface area (Å²) in [4.78, 5) is 25.4. The number of hydrogen-bond acceptors (Lipinski definition) is 4. The number of likely N-dealkylation sites (N-methyl/N-ethyl adjacent to an activating group) is 1. The molecule has 2 N–H and O–H groups in total. The van der Waals surface area contributed by atoms with E-state index >= 15 is 0 Å². The number of rotatable bonds is 7. The molecule has 1 atom stereocenters. The molecule has 0 spiro atoms. The minimum absolute atomic E-state index is 0.0708. The summed E-state index contributed by atoms with van der Waals surface area (Å²) in [5, 5.41) is 5.77. The summed E-state index contributed by atoms with van der Waals surface area (Å²) in [5.74, 6) is 0.0361. The largest absolute Gasteiger partial charge is 0.353 e. The second-order valence-electron chi connectivity index (χ2n) is 5.87. The second kappa shape index (κ2) is 7.48. The lowest BCUT2D eigenvalue weighted by Gasteiger charge is -2.19. The van der Waals surface area contributed by atoms with Crippen molar-refractivity contribution >= 4 is 11.7 Å². The van der Waals surface area contributed by atoms with Gasteiger partial charge in [-0.05, 0) is 21.0 Å². The first-order chi connectivity index (χ1) is 8.14. The summed E-state index contributed by atoms with van der Waals surface area (Å²) in [6.07, 6.45) is 0. The third-order valence-electron chi connectivity index (χ3n) is 2.66. The molecule has 0 aliphatic heterocycles. The Morgan fingerprint density at radius 1 is 1.22 bits per heavy atom. The number of amides is 1. The number of carbonyl (C=O) groups is 2. The van der Waals surface area contributed by atoms with E-state index in [0.717, 1.165) is 6.54 Å². The molecule has 0 saturated carbocycles. The molecule has 0 saturated heterocycles. The number of ketones is 1. The van der Waals surface area contributed by atoms with E-state index in [9.17, 15) is 9.59 Å². The number of nitrogens with zero attached hydrogens (tertiary/aromatic N) is 1. The summed E-state index contributed by atoms with van der Waals surface area (Å²) in [6, 6.07) is -0.349. The molecule has 0 fully saturated rings. The highest BCUT2D eigenvalue weighted by atomic mass is 16.2. The summed E-state index contributed by atoms with van der Waals surface area (Å²) in [6.45, 7) is 9.04. The van der Waals surface area contributed by atoms with Gasteiger partial charge >= 0.3 is 0 Å². The van der Waals surface area contributed by atoms with Gasteiger partial charge in [0.15, 0.2) is 5.78 Å². The highest BCUT2D eigenvalue weighted by molar-refractivity contribution is 5.87. The predicted molar refractivity (Wildman–Crippen MR) is 73.5 cm³/mol. The van der Waals surface area contributed by atoms with Crippen LogP contribution in [0.5, 0.6) is 0 Å². The molecule has 0 aliphatic rings. The van der Waals surface area contributed by atoms with Crippen molar-refractivity contribution in [2.24, 2.45) is 5.41 Å². The van der Waals surface area contributed by atoms with Gasteiger partial charge in [-0.2, -0.15) is 0 Å². The van der Waals surface area contributed by atoms with E-state index < -0.39 is 0 Å². The van der Waals surface area contributed by atoms with Crippen LogP contribution in [0.25, 0.3) is 0 Å². The Morgan fingerprint density at radius 2 is 1.78 bits per heavy atom. The second-order valence-corrected chi connectivity index (χ2v) is 5.87. The summed E-state index contributed by atoms with van der Waals surface area (Å²) >= 11 is 0. The lowest BCUT2D eigenvalue weighted by molar-refractivity contribution is -0.126. The molecule has 0 rings (SSSR count). The number of carbonyl (C=O) groups excluding carboxylic acids is 2. The molecule has 0 unspecified atom stereocenters. The normalized spacial score (nSPS) is 13.5. The average Bonchev–Trinajstić information content (AvgIpc) is 2.23. The van der Waals surface area contributed by atoms with E-state index in [2.05, 4.69) is 10.6 Å². The highest BCUT2D eigenvalue weighted by Gasteiger charge is 2.22. The van der Waals surface area contributed by atoms with Gasteiger partial charge in [-0.1, -0.05) is 20.8 Å². The van der Waals surface area contributed by atoms with Crippen molar-refractivity contribution in [1.29, 1.82) is 0 Å². The van der Waals surface area contributed by atoms with Crippen LogP contribution < -0.4 is 10.6 Å². The molecule has 0 heterocycles. The summed E-state index contributed by atoms with van der Waals surface area (Å²) < 4.78 is 0. The van der Waals surface area contributed by atoms with Gasteiger partial charge in [0.05, 0.1) is 12.6 Å². The topological polar surface area (TPSA) is 61.4 Å². The molecular formula is C13H27N3O2. The van der Waals surface area contributed by atoms with Crippen LogP contribution >= 0.6 is 0 Å². The van der Waals surface area contributed by atoms with E-state index in [1.54, 1.807) is 6.92 Å². The van der Waals surface area contributed by atoms with Crippen molar-refractivity contribution in [3.63, 3.8) is 0 Å². The van der Waals surface area contributed by atoms with Crippen LogP contribution in [0.1, 0.15) is 27.7 Å². The van der Waals surface area contributed by atoms with E-state index in [1.807, 2.05) is 39.8 Å². The molecule has 5 heteroatoms.